The Balaban J connectivity index is 1.31. The average molecular weight is 574 g/mol. The number of rotatable bonds is 4. The lowest BCUT2D eigenvalue weighted by Gasteiger charge is -2.55. The van der Waals surface area contributed by atoms with Crippen molar-refractivity contribution in [2.75, 3.05) is 19.8 Å². The first-order chi connectivity index (χ1) is 20.8. The van der Waals surface area contributed by atoms with Gasteiger partial charge < -0.3 is 14.4 Å². The molecule has 6 nitrogen and oxygen atoms in total. The van der Waals surface area contributed by atoms with E-state index >= 15 is 0 Å². The Labute approximate surface area is 249 Å². The van der Waals surface area contributed by atoms with Crippen LogP contribution in [0.25, 0.3) is 10.8 Å². The molecule has 7 heteroatoms. The van der Waals surface area contributed by atoms with Gasteiger partial charge in [-0.1, -0.05) is 91.0 Å². The zero-order valence-corrected chi connectivity index (χ0v) is 24.0. The second kappa shape index (κ2) is 10.7. The van der Waals surface area contributed by atoms with Crippen LogP contribution in [0.15, 0.2) is 120 Å². The molecule has 2 unspecified atom stereocenters. The van der Waals surface area contributed by atoms with Crippen molar-refractivity contribution in [2.24, 2.45) is 0 Å². The van der Waals surface area contributed by atoms with Gasteiger partial charge >= 0.3 is 0 Å². The molecule has 210 valence electrons. The number of hydrazine groups is 1. The van der Waals surface area contributed by atoms with E-state index in [1.165, 1.54) is 32.4 Å². The Hall–Kier alpha value is -4.04. The minimum Gasteiger partial charge on any atom is -0.490 e. The molecule has 4 aliphatic heterocycles. The van der Waals surface area contributed by atoms with Crippen molar-refractivity contribution in [1.82, 2.24) is 14.9 Å². The molecule has 0 aliphatic carbocycles. The number of carbonyl (C=O) groups is 1. The molecule has 4 aliphatic rings. The number of thioether (sulfide) groups is 1. The van der Waals surface area contributed by atoms with Gasteiger partial charge in [0.05, 0.1) is 19.3 Å². The molecular formula is C35H31N3O3S. The minimum atomic E-state index is -0.256. The van der Waals surface area contributed by atoms with E-state index in [0.717, 1.165) is 11.3 Å². The number of fused-ring (bicyclic) bond motifs is 6. The predicted molar refractivity (Wildman–Crippen MR) is 164 cm³/mol. The maximum Gasteiger partial charge on any atom is 0.276 e. The van der Waals surface area contributed by atoms with Crippen LogP contribution in [-0.4, -0.2) is 46.7 Å². The van der Waals surface area contributed by atoms with Gasteiger partial charge in [0.25, 0.3) is 5.91 Å². The van der Waals surface area contributed by atoms with E-state index in [4.69, 9.17) is 9.47 Å². The van der Waals surface area contributed by atoms with Crippen LogP contribution in [0.4, 0.5) is 0 Å². The van der Waals surface area contributed by atoms with Gasteiger partial charge in [0.2, 0.25) is 0 Å². The number of allylic oxidation sites excluding steroid dienone is 1. The summed E-state index contributed by atoms with van der Waals surface area (Å²) in [5.74, 6) is 1.59. The van der Waals surface area contributed by atoms with E-state index in [1.54, 1.807) is 0 Å². The molecule has 0 radical (unpaired) electrons. The van der Waals surface area contributed by atoms with E-state index in [9.17, 15) is 4.79 Å². The molecule has 0 saturated carbocycles. The van der Waals surface area contributed by atoms with Crippen molar-refractivity contribution in [2.45, 2.75) is 35.9 Å². The Morgan fingerprint density at radius 3 is 2.67 bits per heavy atom. The van der Waals surface area contributed by atoms with E-state index in [0.29, 0.717) is 44.2 Å². The predicted octanol–water partition coefficient (Wildman–Crippen LogP) is 6.60. The third-order valence-electron chi connectivity index (χ3n) is 8.64. The van der Waals surface area contributed by atoms with Crippen molar-refractivity contribution < 1.29 is 14.3 Å². The first kappa shape index (κ1) is 25.7. The Morgan fingerprint density at radius 1 is 0.905 bits per heavy atom. The van der Waals surface area contributed by atoms with Crippen molar-refractivity contribution in [3.63, 3.8) is 0 Å². The maximum atomic E-state index is 14.2. The van der Waals surface area contributed by atoms with Crippen LogP contribution in [0.2, 0.25) is 0 Å². The van der Waals surface area contributed by atoms with E-state index < -0.39 is 0 Å². The SMILES string of the molecule is O=C1C2=C(OCc3ccccc3)CC=CN2N(C2c3ccccc3SCc3c2ccc2ccccc32)C2COCCN12. The van der Waals surface area contributed by atoms with Gasteiger partial charge in [-0.05, 0) is 39.1 Å². The summed E-state index contributed by atoms with van der Waals surface area (Å²) in [4.78, 5) is 17.5. The largest absolute Gasteiger partial charge is 0.490 e. The number of nitrogens with zero attached hydrogens (tertiary/aromatic N) is 3. The van der Waals surface area contributed by atoms with Crippen LogP contribution in [0, 0.1) is 0 Å². The van der Waals surface area contributed by atoms with E-state index in [1.807, 2.05) is 34.9 Å². The van der Waals surface area contributed by atoms with Crippen LogP contribution in [0.5, 0.6) is 0 Å². The monoisotopic (exact) mass is 573 g/mol. The highest BCUT2D eigenvalue weighted by molar-refractivity contribution is 7.98. The minimum absolute atomic E-state index is 0.00183. The summed E-state index contributed by atoms with van der Waals surface area (Å²) in [5.41, 5.74) is 5.51. The number of hydrogen-bond donors (Lipinski definition) is 0. The molecule has 4 heterocycles. The summed E-state index contributed by atoms with van der Waals surface area (Å²) in [5, 5.41) is 6.96. The summed E-state index contributed by atoms with van der Waals surface area (Å²) >= 11 is 1.89. The van der Waals surface area contributed by atoms with Crippen LogP contribution in [0.3, 0.4) is 0 Å². The fraction of sp³-hybridized carbons (Fsp3) is 0.229. The van der Waals surface area contributed by atoms with Gasteiger partial charge in [-0.2, -0.15) is 5.01 Å². The number of hydrogen-bond acceptors (Lipinski definition) is 6. The summed E-state index contributed by atoms with van der Waals surface area (Å²) < 4.78 is 12.5. The third-order valence-corrected chi connectivity index (χ3v) is 9.76. The lowest BCUT2D eigenvalue weighted by atomic mass is 9.90. The highest BCUT2D eigenvalue weighted by Crippen LogP contribution is 2.48. The van der Waals surface area contributed by atoms with Gasteiger partial charge in [-0.15, -0.1) is 11.8 Å². The zero-order chi connectivity index (χ0) is 28.0. The van der Waals surface area contributed by atoms with E-state index in [2.05, 4.69) is 95.1 Å². The third kappa shape index (κ3) is 4.23. The lowest BCUT2D eigenvalue weighted by molar-refractivity contribution is -0.190. The number of carbonyl (C=O) groups excluding carboxylic acids is 1. The van der Waals surface area contributed by atoms with Crippen LogP contribution in [0.1, 0.15) is 34.7 Å². The summed E-state index contributed by atoms with van der Waals surface area (Å²) in [7, 11) is 0. The molecule has 2 fully saturated rings. The number of ether oxygens (including phenoxy) is 2. The van der Waals surface area contributed by atoms with Crippen molar-refractivity contribution >= 4 is 28.4 Å². The fourth-order valence-corrected chi connectivity index (χ4v) is 7.82. The highest BCUT2D eigenvalue weighted by atomic mass is 32.2. The average Bonchev–Trinajstić information content (AvgIpc) is 3.22. The first-order valence-electron chi connectivity index (χ1n) is 14.5. The fourth-order valence-electron chi connectivity index (χ4n) is 6.67. The normalized spacial score (nSPS) is 21.9. The number of benzene rings is 4. The first-order valence-corrected chi connectivity index (χ1v) is 15.5. The molecule has 2 saturated heterocycles. The topological polar surface area (TPSA) is 45.3 Å². The van der Waals surface area contributed by atoms with Crippen molar-refractivity contribution in [1.29, 1.82) is 0 Å². The second-order valence-electron chi connectivity index (χ2n) is 11.0. The molecule has 4 aromatic carbocycles. The van der Waals surface area contributed by atoms with Gasteiger partial charge in [0.15, 0.2) is 5.70 Å². The molecule has 0 N–H and O–H groups in total. The van der Waals surface area contributed by atoms with Gasteiger partial charge in [0, 0.05) is 29.8 Å². The molecule has 1 amide bonds. The smallest absolute Gasteiger partial charge is 0.276 e. The molecule has 4 aromatic rings. The lowest BCUT2D eigenvalue weighted by Crippen LogP contribution is -2.67. The number of amides is 1. The van der Waals surface area contributed by atoms with Crippen LogP contribution in [-0.2, 0) is 26.6 Å². The van der Waals surface area contributed by atoms with Crippen molar-refractivity contribution in [3.8, 4) is 0 Å². The highest BCUT2D eigenvalue weighted by Gasteiger charge is 2.49. The Bertz CT molecular complexity index is 1740. The molecule has 8 rings (SSSR count). The van der Waals surface area contributed by atoms with Gasteiger partial charge in [-0.3, -0.25) is 9.80 Å². The molecule has 2 atom stereocenters. The summed E-state index contributed by atoms with van der Waals surface area (Å²) in [6.07, 6.45) is 4.47. The molecule has 42 heavy (non-hydrogen) atoms. The van der Waals surface area contributed by atoms with E-state index in [-0.39, 0.29) is 18.1 Å². The quantitative estimate of drug-likeness (QED) is 0.274. The maximum absolute atomic E-state index is 14.2. The van der Waals surface area contributed by atoms with Gasteiger partial charge in [-0.25, -0.2) is 0 Å². The summed E-state index contributed by atoms with van der Waals surface area (Å²) in [6.45, 7) is 1.93. The molecular weight excluding hydrogens is 542 g/mol. The summed E-state index contributed by atoms with van der Waals surface area (Å²) in [6, 6.07) is 31.9. The molecule has 0 aromatic heterocycles. The van der Waals surface area contributed by atoms with Crippen molar-refractivity contribution in [3.05, 3.63) is 137 Å². The molecule has 0 bridgehead atoms. The van der Waals surface area contributed by atoms with Crippen LogP contribution < -0.4 is 0 Å². The zero-order valence-electron chi connectivity index (χ0n) is 23.2. The van der Waals surface area contributed by atoms with Crippen LogP contribution >= 0.6 is 11.8 Å². The standard InChI is InChI=1S/C35H31N3O3S/c39-35-34-30(41-21-24-9-2-1-3-10-24)14-8-18-37(34)38(32-22-40-20-19-36(32)35)33-27-17-16-25-11-4-5-12-26(25)29(27)23-42-31-15-7-6-13-28(31)33/h1-13,15-18,32-33H,14,19-23H2. The Kier molecular flexibility index (Phi) is 6.51. The number of morpholine rings is 1. The molecule has 0 spiro atoms. The Morgan fingerprint density at radius 2 is 1.74 bits per heavy atom. The second-order valence-corrected chi connectivity index (χ2v) is 12.0. The van der Waals surface area contributed by atoms with Gasteiger partial charge in [0.1, 0.15) is 18.5 Å².